The minimum Gasteiger partial charge on any atom is -0.314 e. The van der Waals surface area contributed by atoms with Gasteiger partial charge in [0, 0.05) is 18.0 Å². The van der Waals surface area contributed by atoms with Crippen LogP contribution < -0.4 is 0 Å². The number of nitrogens with zero attached hydrogens (tertiary/aromatic N) is 1. The summed E-state index contributed by atoms with van der Waals surface area (Å²) in [5.41, 5.74) is 1.41. The molecular formula is C12H9NO. The van der Waals surface area contributed by atoms with Crippen LogP contribution in [-0.4, -0.2) is 10.5 Å². The molecule has 0 amide bonds. The SMILES string of the molecule is O=C=C(c1ccccc1)n1cccc1. The van der Waals surface area contributed by atoms with Crippen molar-refractivity contribution < 1.29 is 4.79 Å². The summed E-state index contributed by atoms with van der Waals surface area (Å²) in [5.74, 6) is 1.95. The molecule has 2 nitrogen and oxygen atoms in total. The van der Waals surface area contributed by atoms with Gasteiger partial charge in [0.25, 0.3) is 0 Å². The van der Waals surface area contributed by atoms with E-state index in [2.05, 4.69) is 0 Å². The van der Waals surface area contributed by atoms with Gasteiger partial charge in [0.1, 0.15) is 5.70 Å². The third-order valence-electron chi connectivity index (χ3n) is 2.01. The lowest BCUT2D eigenvalue weighted by Crippen LogP contribution is -1.95. The van der Waals surface area contributed by atoms with Crippen LogP contribution in [0.4, 0.5) is 0 Å². The molecule has 1 aromatic heterocycles. The fraction of sp³-hybridized carbons (Fsp3) is 0. The molecule has 1 heterocycles. The molecule has 1 aromatic carbocycles. The molecule has 0 saturated heterocycles. The number of hydrogen-bond acceptors (Lipinski definition) is 1. The first-order valence-corrected chi connectivity index (χ1v) is 4.35. The highest BCUT2D eigenvalue weighted by Crippen LogP contribution is 2.13. The van der Waals surface area contributed by atoms with Gasteiger partial charge in [-0.2, -0.15) is 0 Å². The van der Waals surface area contributed by atoms with Gasteiger partial charge >= 0.3 is 0 Å². The lowest BCUT2D eigenvalue weighted by molar-refractivity contribution is 0.568. The minimum atomic E-state index is 0.538. The van der Waals surface area contributed by atoms with E-state index in [1.54, 1.807) is 4.57 Å². The van der Waals surface area contributed by atoms with E-state index >= 15 is 0 Å². The highest BCUT2D eigenvalue weighted by molar-refractivity contribution is 5.87. The van der Waals surface area contributed by atoms with E-state index in [9.17, 15) is 4.79 Å². The molecule has 14 heavy (non-hydrogen) atoms. The normalized spacial score (nSPS) is 9.43. The highest BCUT2D eigenvalue weighted by Gasteiger charge is 2.02. The van der Waals surface area contributed by atoms with Crippen molar-refractivity contribution in [2.45, 2.75) is 0 Å². The lowest BCUT2D eigenvalue weighted by atomic mass is 10.2. The number of benzene rings is 1. The molecule has 0 N–H and O–H groups in total. The zero-order valence-corrected chi connectivity index (χ0v) is 7.55. The molecular weight excluding hydrogens is 174 g/mol. The summed E-state index contributed by atoms with van der Waals surface area (Å²) in [6.45, 7) is 0. The Balaban J connectivity index is 2.48. The van der Waals surface area contributed by atoms with Crippen LogP contribution in [0.15, 0.2) is 54.9 Å². The summed E-state index contributed by atoms with van der Waals surface area (Å²) in [4.78, 5) is 10.8. The molecule has 2 heteroatoms. The summed E-state index contributed by atoms with van der Waals surface area (Å²) in [7, 11) is 0. The Hall–Kier alpha value is -2.05. The largest absolute Gasteiger partial charge is 0.314 e. The fourth-order valence-corrected chi connectivity index (χ4v) is 1.34. The fourth-order valence-electron chi connectivity index (χ4n) is 1.34. The summed E-state index contributed by atoms with van der Waals surface area (Å²) in [6.07, 6.45) is 3.65. The summed E-state index contributed by atoms with van der Waals surface area (Å²) in [5, 5.41) is 0. The second-order valence-electron chi connectivity index (χ2n) is 2.91. The standard InChI is InChI=1S/C12H9NO/c14-10-12(13-8-4-5-9-13)11-6-2-1-3-7-11/h1-9H. The Morgan fingerprint density at radius 3 is 2.21 bits per heavy atom. The zero-order valence-electron chi connectivity index (χ0n) is 7.55. The predicted molar refractivity (Wildman–Crippen MR) is 55.4 cm³/mol. The quantitative estimate of drug-likeness (QED) is 0.654. The first-order valence-electron chi connectivity index (χ1n) is 4.35. The van der Waals surface area contributed by atoms with Crippen LogP contribution in [0.3, 0.4) is 0 Å². The van der Waals surface area contributed by atoms with Gasteiger partial charge in [-0.25, -0.2) is 4.79 Å². The van der Waals surface area contributed by atoms with E-state index in [1.165, 1.54) is 0 Å². The second-order valence-corrected chi connectivity index (χ2v) is 2.91. The molecule has 0 saturated carbocycles. The molecule has 2 aromatic rings. The summed E-state index contributed by atoms with van der Waals surface area (Å²) in [6, 6.07) is 13.2. The van der Waals surface area contributed by atoms with E-state index < -0.39 is 0 Å². The third-order valence-corrected chi connectivity index (χ3v) is 2.01. The van der Waals surface area contributed by atoms with Gasteiger partial charge in [0.2, 0.25) is 0 Å². The van der Waals surface area contributed by atoms with Crippen molar-refractivity contribution in [3.63, 3.8) is 0 Å². The zero-order chi connectivity index (χ0) is 9.80. The minimum absolute atomic E-state index is 0.538. The predicted octanol–water partition coefficient (Wildman–Crippen LogP) is 2.21. The van der Waals surface area contributed by atoms with E-state index in [4.69, 9.17) is 0 Å². The first-order chi connectivity index (χ1) is 6.92. The van der Waals surface area contributed by atoms with Crippen molar-refractivity contribution in [2.75, 3.05) is 0 Å². The van der Waals surface area contributed by atoms with E-state index in [0.717, 1.165) is 5.56 Å². The van der Waals surface area contributed by atoms with Gasteiger partial charge in [-0.15, -0.1) is 0 Å². The molecule has 0 aliphatic rings. The van der Waals surface area contributed by atoms with Crippen LogP contribution in [0, 0.1) is 0 Å². The van der Waals surface area contributed by atoms with Crippen LogP contribution in [0.5, 0.6) is 0 Å². The van der Waals surface area contributed by atoms with Crippen LogP contribution in [0.1, 0.15) is 5.56 Å². The monoisotopic (exact) mass is 183 g/mol. The van der Waals surface area contributed by atoms with Crippen molar-refractivity contribution >= 4 is 11.6 Å². The first kappa shape index (κ1) is 8.54. The topological polar surface area (TPSA) is 22.0 Å². The number of carbonyl (C=O) groups excluding carboxylic acids is 1. The van der Waals surface area contributed by atoms with E-state index in [0.29, 0.717) is 5.70 Å². The van der Waals surface area contributed by atoms with Crippen LogP contribution >= 0.6 is 0 Å². The van der Waals surface area contributed by atoms with E-state index in [-0.39, 0.29) is 0 Å². The van der Waals surface area contributed by atoms with Gasteiger partial charge in [-0.3, -0.25) is 0 Å². The third kappa shape index (κ3) is 1.51. The molecule has 0 aliphatic carbocycles. The van der Waals surface area contributed by atoms with Crippen LogP contribution in [0.2, 0.25) is 0 Å². The molecule has 0 bridgehead atoms. The molecule has 0 fully saturated rings. The molecule has 68 valence electrons. The van der Waals surface area contributed by atoms with Crippen molar-refractivity contribution in [3.05, 3.63) is 60.4 Å². The maximum Gasteiger partial charge on any atom is 0.151 e. The lowest BCUT2D eigenvalue weighted by Gasteiger charge is -2.03. The van der Waals surface area contributed by atoms with Crippen molar-refractivity contribution in [2.24, 2.45) is 0 Å². The molecule has 2 rings (SSSR count). The highest BCUT2D eigenvalue weighted by atomic mass is 16.1. The van der Waals surface area contributed by atoms with Gasteiger partial charge < -0.3 is 4.57 Å². The Kier molecular flexibility index (Phi) is 2.30. The van der Waals surface area contributed by atoms with Gasteiger partial charge in [-0.05, 0) is 12.1 Å². The van der Waals surface area contributed by atoms with E-state index in [1.807, 2.05) is 60.8 Å². The van der Waals surface area contributed by atoms with Crippen molar-refractivity contribution in [1.82, 2.24) is 4.57 Å². The van der Waals surface area contributed by atoms with Gasteiger partial charge in [0.15, 0.2) is 5.94 Å². The Morgan fingerprint density at radius 2 is 1.64 bits per heavy atom. The van der Waals surface area contributed by atoms with Crippen LogP contribution in [0.25, 0.3) is 5.70 Å². The number of aromatic nitrogens is 1. The van der Waals surface area contributed by atoms with Gasteiger partial charge in [0.05, 0.1) is 0 Å². The van der Waals surface area contributed by atoms with Crippen LogP contribution in [-0.2, 0) is 4.79 Å². The molecule has 0 spiro atoms. The van der Waals surface area contributed by atoms with Gasteiger partial charge in [-0.1, -0.05) is 30.3 Å². The number of hydrogen-bond donors (Lipinski definition) is 0. The molecule has 0 atom stereocenters. The Labute approximate surface area is 82.1 Å². The van der Waals surface area contributed by atoms with Crippen molar-refractivity contribution in [3.8, 4) is 0 Å². The summed E-state index contributed by atoms with van der Waals surface area (Å²) >= 11 is 0. The maximum atomic E-state index is 10.8. The Morgan fingerprint density at radius 1 is 1.00 bits per heavy atom. The molecule has 0 unspecified atom stereocenters. The summed E-state index contributed by atoms with van der Waals surface area (Å²) < 4.78 is 1.75. The average molecular weight is 183 g/mol. The Bertz CT molecular complexity index is 450. The number of rotatable bonds is 2. The molecule has 0 radical (unpaired) electrons. The molecule has 0 aliphatic heterocycles. The second kappa shape index (κ2) is 3.77. The van der Waals surface area contributed by atoms with Crippen molar-refractivity contribution in [1.29, 1.82) is 0 Å². The smallest absolute Gasteiger partial charge is 0.151 e. The average Bonchev–Trinajstić information content (AvgIpc) is 2.74. The maximum absolute atomic E-state index is 10.8.